The van der Waals surface area contributed by atoms with Gasteiger partial charge in [-0.1, -0.05) is 53.2 Å². The van der Waals surface area contributed by atoms with Crippen molar-refractivity contribution in [2.24, 2.45) is 45.3 Å². The number of hydrogen-bond donors (Lipinski definition) is 12. The normalized spacial score (nSPS) is 50.4. The molecule has 0 aromatic heterocycles. The van der Waals surface area contributed by atoms with E-state index in [-0.39, 0.29) is 28.3 Å². The standard InChI is InChI=1S/C48H82O18/c1-22(9-13-31(45(4,5)60)65-43-40(37(57)34(54)28(21-51)63-43)66-42-39(59)36(56)33(53)27(20-50)62-42)23-15-16-48(8)29-12-10-24-25(46(29,6)17-18-47(23,48)7)11-14-30(44(24,2)3)64-41-38(58)35(55)32(52)26(19-49)61-41/h10,22-23,25-43,49-60H,9,11-21H2,1-8H3/t22-,23-,25+,26-,27-,28-,29-,30+,31-,32-,33-,34-,35+,36+,37+,38-,39-,40-,41+,42+,43+,46+,47-,48+/m1/s1. The third-order valence-electron chi connectivity index (χ3n) is 18.6. The van der Waals surface area contributed by atoms with E-state index < -0.39 is 129 Å². The van der Waals surface area contributed by atoms with Crippen molar-refractivity contribution in [1.82, 2.24) is 0 Å². The number of fused-ring (bicyclic) bond motifs is 5. The van der Waals surface area contributed by atoms with Crippen LogP contribution >= 0.6 is 0 Å². The summed E-state index contributed by atoms with van der Waals surface area (Å²) in [4.78, 5) is 0. The predicted molar refractivity (Wildman–Crippen MR) is 234 cm³/mol. The molecule has 0 amide bonds. The lowest BCUT2D eigenvalue weighted by molar-refractivity contribution is -0.375. The number of allylic oxidation sites excluding steroid dienone is 1. The highest BCUT2D eigenvalue weighted by Gasteiger charge is 2.68. The van der Waals surface area contributed by atoms with Gasteiger partial charge in [-0.2, -0.15) is 0 Å². The summed E-state index contributed by atoms with van der Waals surface area (Å²) in [5.41, 5.74) is -0.425. The maximum Gasteiger partial charge on any atom is 0.187 e. The monoisotopic (exact) mass is 947 g/mol. The van der Waals surface area contributed by atoms with Crippen molar-refractivity contribution in [3.63, 3.8) is 0 Å². The third kappa shape index (κ3) is 9.01. The predicted octanol–water partition coefficient (Wildman–Crippen LogP) is -0.0268. The number of hydrogen-bond acceptors (Lipinski definition) is 18. The summed E-state index contributed by atoms with van der Waals surface area (Å²) in [7, 11) is 0. The second kappa shape index (κ2) is 19.6. The number of aliphatic hydroxyl groups excluding tert-OH is 11. The molecule has 12 N–H and O–H groups in total. The van der Waals surface area contributed by atoms with Gasteiger partial charge in [0, 0.05) is 5.41 Å². The minimum atomic E-state index is -1.81. The van der Waals surface area contributed by atoms with E-state index in [0.29, 0.717) is 30.6 Å². The molecule has 18 nitrogen and oxygen atoms in total. The molecule has 24 atom stereocenters. The fraction of sp³-hybridized carbons (Fsp3) is 0.958. The van der Waals surface area contributed by atoms with E-state index in [4.69, 9.17) is 28.4 Å². The van der Waals surface area contributed by atoms with Gasteiger partial charge in [0.25, 0.3) is 0 Å². The summed E-state index contributed by atoms with van der Waals surface area (Å²) in [6, 6.07) is 0. The maximum absolute atomic E-state index is 11.5. The molecule has 0 unspecified atom stereocenters. The Labute approximate surface area is 388 Å². The van der Waals surface area contributed by atoms with Crippen LogP contribution in [0, 0.1) is 45.3 Å². The zero-order valence-corrected chi connectivity index (χ0v) is 40.0. The molecule has 66 heavy (non-hydrogen) atoms. The van der Waals surface area contributed by atoms with Gasteiger partial charge in [-0.25, -0.2) is 0 Å². The molecule has 0 aromatic rings. The second-order valence-electron chi connectivity index (χ2n) is 22.9. The third-order valence-corrected chi connectivity index (χ3v) is 18.6. The van der Waals surface area contributed by atoms with Crippen molar-refractivity contribution in [1.29, 1.82) is 0 Å². The molecule has 0 spiro atoms. The average molecular weight is 947 g/mol. The molecule has 7 aliphatic rings. The summed E-state index contributed by atoms with van der Waals surface area (Å²) in [6.45, 7) is 15.4. The number of rotatable bonds is 14. The Morgan fingerprint density at radius 1 is 0.636 bits per heavy atom. The minimum Gasteiger partial charge on any atom is -0.394 e. The largest absolute Gasteiger partial charge is 0.394 e. The van der Waals surface area contributed by atoms with Gasteiger partial charge in [-0.15, -0.1) is 0 Å². The first-order chi connectivity index (χ1) is 30.8. The van der Waals surface area contributed by atoms with E-state index in [1.807, 2.05) is 0 Å². The zero-order chi connectivity index (χ0) is 48.6. The van der Waals surface area contributed by atoms with Crippen LogP contribution < -0.4 is 0 Å². The summed E-state index contributed by atoms with van der Waals surface area (Å²) in [5, 5.41) is 126. The van der Waals surface area contributed by atoms with Crippen molar-refractivity contribution in [2.45, 2.75) is 223 Å². The summed E-state index contributed by atoms with van der Waals surface area (Å²) in [6.07, 6.45) is -13.6. The van der Waals surface area contributed by atoms with Crippen molar-refractivity contribution >= 4 is 0 Å². The van der Waals surface area contributed by atoms with Crippen LogP contribution in [0.15, 0.2) is 11.6 Å². The Hall–Kier alpha value is -0.980. The Kier molecular flexibility index (Phi) is 15.7. The molecule has 18 heteroatoms. The van der Waals surface area contributed by atoms with Gasteiger partial charge in [0.1, 0.15) is 73.2 Å². The highest BCUT2D eigenvalue weighted by Crippen LogP contribution is 2.75. The van der Waals surface area contributed by atoms with Gasteiger partial charge in [-0.05, 0) is 112 Å². The van der Waals surface area contributed by atoms with E-state index in [1.54, 1.807) is 13.8 Å². The van der Waals surface area contributed by atoms with Gasteiger partial charge in [0.05, 0.1) is 37.6 Å². The Bertz CT molecular complexity index is 1670. The second-order valence-corrected chi connectivity index (χ2v) is 22.9. The Morgan fingerprint density at radius 2 is 1.17 bits per heavy atom. The van der Waals surface area contributed by atoms with E-state index >= 15 is 0 Å². The fourth-order valence-corrected chi connectivity index (χ4v) is 14.2. The first kappa shape index (κ1) is 52.8. The smallest absolute Gasteiger partial charge is 0.187 e. The van der Waals surface area contributed by atoms with Crippen molar-refractivity contribution in [3.8, 4) is 0 Å². The SMILES string of the molecule is C[C@H](CC[C@@H](O[C@@H]1O[C@H](CO)[C@@H](O)[C@H](O)[C@H]1O[C@@H]1O[C@H](CO)[C@@H](O)[C@H](O)[C@H]1O)C(C)(C)O)[C@H]1CC[C@@]2(C)[C@@H]3CC=C4[C@H](CC[C@H](O[C@@H]5O[C@H](CO)[C@@H](O)[C@H](O)[C@H]5O)C4(C)C)[C@]3(C)CC[C@]12C. The van der Waals surface area contributed by atoms with Gasteiger partial charge < -0.3 is 89.7 Å². The highest BCUT2D eigenvalue weighted by molar-refractivity contribution is 5.30. The molecule has 3 saturated carbocycles. The van der Waals surface area contributed by atoms with Gasteiger partial charge in [0.15, 0.2) is 18.9 Å². The van der Waals surface area contributed by atoms with Crippen molar-refractivity contribution in [2.75, 3.05) is 19.8 Å². The Morgan fingerprint density at radius 3 is 1.71 bits per heavy atom. The van der Waals surface area contributed by atoms with Crippen LogP contribution in [0.5, 0.6) is 0 Å². The van der Waals surface area contributed by atoms with E-state index in [9.17, 15) is 61.3 Å². The lowest BCUT2D eigenvalue weighted by atomic mass is 9.39. The van der Waals surface area contributed by atoms with Crippen LogP contribution in [0.2, 0.25) is 0 Å². The molecule has 0 bridgehead atoms. The minimum absolute atomic E-state index is 0.0113. The summed E-state index contributed by atoms with van der Waals surface area (Å²) >= 11 is 0. The van der Waals surface area contributed by atoms with Crippen molar-refractivity contribution in [3.05, 3.63) is 11.6 Å². The van der Waals surface area contributed by atoms with Crippen LogP contribution in [-0.4, -0.2) is 191 Å². The molecular weight excluding hydrogens is 865 g/mol. The molecule has 6 fully saturated rings. The molecule has 4 aliphatic carbocycles. The van der Waals surface area contributed by atoms with Crippen LogP contribution in [-0.2, 0) is 28.4 Å². The van der Waals surface area contributed by atoms with E-state index in [2.05, 4.69) is 47.6 Å². The van der Waals surface area contributed by atoms with Gasteiger partial charge in [-0.3, -0.25) is 0 Å². The molecule has 3 saturated heterocycles. The molecule has 3 heterocycles. The van der Waals surface area contributed by atoms with Gasteiger partial charge in [0.2, 0.25) is 0 Å². The molecule has 7 rings (SSSR count). The Balaban J connectivity index is 1.04. The lowest BCUT2D eigenvalue weighted by Gasteiger charge is -2.66. The fourth-order valence-electron chi connectivity index (χ4n) is 14.2. The van der Waals surface area contributed by atoms with E-state index in [0.717, 1.165) is 44.9 Å². The topological polar surface area (TPSA) is 298 Å². The number of aliphatic hydroxyl groups is 12. The molecular formula is C48H82O18. The van der Waals surface area contributed by atoms with Crippen LogP contribution in [0.3, 0.4) is 0 Å². The zero-order valence-electron chi connectivity index (χ0n) is 40.0. The van der Waals surface area contributed by atoms with Crippen LogP contribution in [0.25, 0.3) is 0 Å². The van der Waals surface area contributed by atoms with Crippen LogP contribution in [0.1, 0.15) is 113 Å². The van der Waals surface area contributed by atoms with Crippen molar-refractivity contribution < 1.29 is 89.7 Å². The average Bonchev–Trinajstić information content (AvgIpc) is 3.55. The molecule has 0 radical (unpaired) electrons. The van der Waals surface area contributed by atoms with Gasteiger partial charge >= 0.3 is 0 Å². The quantitative estimate of drug-likeness (QED) is 0.102. The first-order valence-corrected chi connectivity index (χ1v) is 24.4. The van der Waals surface area contributed by atoms with Crippen LogP contribution in [0.4, 0.5) is 0 Å². The lowest BCUT2D eigenvalue weighted by Crippen LogP contribution is -2.65. The molecule has 382 valence electrons. The molecule has 3 aliphatic heterocycles. The van der Waals surface area contributed by atoms with E-state index in [1.165, 1.54) is 5.57 Å². The maximum atomic E-state index is 11.5. The summed E-state index contributed by atoms with van der Waals surface area (Å²) in [5.74, 6) is 1.32. The first-order valence-electron chi connectivity index (χ1n) is 24.4. The highest BCUT2D eigenvalue weighted by atomic mass is 16.8. The number of ether oxygens (including phenoxy) is 6. The molecule has 0 aromatic carbocycles. The summed E-state index contributed by atoms with van der Waals surface area (Å²) < 4.78 is 36.0.